The Balaban J connectivity index is 1.39. The fourth-order valence-corrected chi connectivity index (χ4v) is 3.66. The molecule has 0 spiro atoms. The average molecular weight is 345 g/mol. The highest BCUT2D eigenvalue weighted by molar-refractivity contribution is 6.09. The van der Waals surface area contributed by atoms with Crippen LogP contribution in [0.5, 0.6) is 11.5 Å². The van der Waals surface area contributed by atoms with Crippen molar-refractivity contribution in [3.63, 3.8) is 0 Å². The predicted octanol–water partition coefficient (Wildman–Crippen LogP) is 0.679. The fraction of sp³-hybridized carbons (Fsp3) is 0.556. The van der Waals surface area contributed by atoms with Gasteiger partial charge in [0.1, 0.15) is 19.1 Å². The van der Waals surface area contributed by atoms with Gasteiger partial charge in [-0.25, -0.2) is 0 Å². The Kier molecular flexibility index (Phi) is 4.48. The first-order valence-corrected chi connectivity index (χ1v) is 8.94. The normalized spacial score (nSPS) is 25.3. The molecular formula is C18H23N3O4. The molecule has 7 nitrogen and oxygen atoms in total. The summed E-state index contributed by atoms with van der Waals surface area (Å²) >= 11 is 0. The van der Waals surface area contributed by atoms with Crippen LogP contribution in [0, 0.1) is 5.92 Å². The Bertz CT molecular complexity index is 672. The molecule has 0 radical (unpaired) electrons. The van der Waals surface area contributed by atoms with Gasteiger partial charge in [-0.15, -0.1) is 0 Å². The largest absolute Gasteiger partial charge is 0.486 e. The molecule has 7 heteroatoms. The van der Waals surface area contributed by atoms with Crippen LogP contribution in [0.15, 0.2) is 18.2 Å². The molecule has 0 aromatic heterocycles. The lowest BCUT2D eigenvalue weighted by atomic mass is 10.1. The van der Waals surface area contributed by atoms with Crippen LogP contribution in [0.4, 0.5) is 5.69 Å². The van der Waals surface area contributed by atoms with Crippen LogP contribution in [0.1, 0.15) is 19.3 Å². The number of benzene rings is 1. The number of carbonyl (C=O) groups excluding carboxylic acids is 2. The van der Waals surface area contributed by atoms with Crippen molar-refractivity contribution in [2.75, 3.05) is 37.7 Å². The van der Waals surface area contributed by atoms with Crippen molar-refractivity contribution in [1.82, 2.24) is 10.6 Å². The van der Waals surface area contributed by atoms with Gasteiger partial charge in [-0.1, -0.05) is 0 Å². The summed E-state index contributed by atoms with van der Waals surface area (Å²) in [7, 11) is 0. The van der Waals surface area contributed by atoms with E-state index in [0.717, 1.165) is 25.1 Å². The van der Waals surface area contributed by atoms with E-state index in [0.29, 0.717) is 50.3 Å². The fourth-order valence-electron chi connectivity index (χ4n) is 3.66. The van der Waals surface area contributed by atoms with Crippen molar-refractivity contribution in [3.05, 3.63) is 18.2 Å². The number of ether oxygens (including phenoxy) is 2. The molecule has 4 rings (SSSR count). The molecule has 25 heavy (non-hydrogen) atoms. The highest BCUT2D eigenvalue weighted by Gasteiger charge is 2.38. The first kappa shape index (κ1) is 16.2. The molecule has 0 aliphatic carbocycles. The summed E-state index contributed by atoms with van der Waals surface area (Å²) in [5, 5.41) is 6.27. The monoisotopic (exact) mass is 345 g/mol. The highest BCUT2D eigenvalue weighted by atomic mass is 16.6. The number of carbonyl (C=O) groups is 2. The standard InChI is InChI=1S/C18H23N3O4/c22-17(20-11-12-2-1-6-19-12)14-5-7-21(18(14)23)13-3-4-15-16(10-13)25-9-8-24-15/h3-4,10,12,14,19H,1-2,5-9,11H2,(H,20,22). The van der Waals surface area contributed by atoms with Crippen molar-refractivity contribution in [2.24, 2.45) is 5.92 Å². The number of amides is 2. The van der Waals surface area contributed by atoms with Crippen LogP contribution < -0.4 is 25.0 Å². The van der Waals surface area contributed by atoms with Gasteiger partial charge in [0.15, 0.2) is 11.5 Å². The van der Waals surface area contributed by atoms with Gasteiger partial charge in [0.2, 0.25) is 11.8 Å². The molecule has 2 N–H and O–H groups in total. The number of nitrogens with zero attached hydrogens (tertiary/aromatic N) is 1. The molecule has 3 heterocycles. The lowest BCUT2D eigenvalue weighted by Gasteiger charge is -2.22. The molecule has 1 aromatic carbocycles. The number of rotatable bonds is 4. The molecule has 0 bridgehead atoms. The molecule has 2 amide bonds. The summed E-state index contributed by atoms with van der Waals surface area (Å²) in [4.78, 5) is 26.7. The summed E-state index contributed by atoms with van der Waals surface area (Å²) in [6.45, 7) is 3.17. The van der Waals surface area contributed by atoms with E-state index in [1.54, 1.807) is 4.90 Å². The van der Waals surface area contributed by atoms with E-state index in [2.05, 4.69) is 10.6 Å². The second kappa shape index (κ2) is 6.92. The van der Waals surface area contributed by atoms with Gasteiger partial charge < -0.3 is 25.0 Å². The maximum absolute atomic E-state index is 12.7. The van der Waals surface area contributed by atoms with Crippen LogP contribution >= 0.6 is 0 Å². The number of hydrogen-bond acceptors (Lipinski definition) is 5. The molecule has 3 aliphatic rings. The smallest absolute Gasteiger partial charge is 0.239 e. The zero-order chi connectivity index (χ0) is 17.2. The quantitative estimate of drug-likeness (QED) is 0.785. The van der Waals surface area contributed by atoms with E-state index < -0.39 is 5.92 Å². The topological polar surface area (TPSA) is 79.9 Å². The Labute approximate surface area is 146 Å². The number of hydrogen-bond donors (Lipinski definition) is 2. The van der Waals surface area contributed by atoms with Crippen LogP contribution in [0.2, 0.25) is 0 Å². The summed E-state index contributed by atoms with van der Waals surface area (Å²) in [6, 6.07) is 5.80. The first-order valence-electron chi connectivity index (χ1n) is 8.94. The van der Waals surface area contributed by atoms with E-state index in [-0.39, 0.29) is 11.8 Å². The first-order chi connectivity index (χ1) is 12.2. The Morgan fingerprint density at radius 2 is 2.08 bits per heavy atom. The number of anilines is 1. The van der Waals surface area contributed by atoms with Crippen molar-refractivity contribution < 1.29 is 19.1 Å². The Morgan fingerprint density at radius 1 is 1.24 bits per heavy atom. The van der Waals surface area contributed by atoms with Crippen molar-refractivity contribution >= 4 is 17.5 Å². The van der Waals surface area contributed by atoms with E-state index in [1.807, 2.05) is 18.2 Å². The molecule has 0 saturated carbocycles. The molecular weight excluding hydrogens is 322 g/mol. The number of nitrogens with one attached hydrogen (secondary N) is 2. The van der Waals surface area contributed by atoms with Gasteiger partial charge in [-0.05, 0) is 37.9 Å². The van der Waals surface area contributed by atoms with Gasteiger partial charge in [-0.3, -0.25) is 9.59 Å². The molecule has 3 aliphatic heterocycles. The second-order valence-electron chi connectivity index (χ2n) is 6.70. The number of fused-ring (bicyclic) bond motifs is 1. The van der Waals surface area contributed by atoms with E-state index in [9.17, 15) is 9.59 Å². The van der Waals surface area contributed by atoms with Crippen LogP contribution in [0.3, 0.4) is 0 Å². The average Bonchev–Trinajstić information content (AvgIpc) is 3.29. The van der Waals surface area contributed by atoms with Gasteiger partial charge >= 0.3 is 0 Å². The molecule has 1 aromatic rings. The molecule has 2 fully saturated rings. The third-order valence-electron chi connectivity index (χ3n) is 5.04. The van der Waals surface area contributed by atoms with Crippen LogP contribution in [-0.2, 0) is 9.59 Å². The minimum Gasteiger partial charge on any atom is -0.486 e. The summed E-state index contributed by atoms with van der Waals surface area (Å²) < 4.78 is 11.1. The Morgan fingerprint density at radius 3 is 2.88 bits per heavy atom. The molecule has 2 saturated heterocycles. The third-order valence-corrected chi connectivity index (χ3v) is 5.04. The Hall–Kier alpha value is -2.28. The highest BCUT2D eigenvalue weighted by Crippen LogP contribution is 2.36. The van der Waals surface area contributed by atoms with Crippen LogP contribution in [-0.4, -0.2) is 50.7 Å². The van der Waals surface area contributed by atoms with Crippen molar-refractivity contribution in [2.45, 2.75) is 25.3 Å². The third kappa shape index (κ3) is 3.28. The SMILES string of the molecule is O=C(NCC1CCCN1)C1CCN(c2ccc3c(c2)OCCO3)C1=O. The van der Waals surface area contributed by atoms with E-state index >= 15 is 0 Å². The summed E-state index contributed by atoms with van der Waals surface area (Å²) in [6.07, 6.45) is 2.75. The molecule has 134 valence electrons. The minimum atomic E-state index is -0.602. The lowest BCUT2D eigenvalue weighted by Crippen LogP contribution is -2.42. The van der Waals surface area contributed by atoms with Crippen molar-refractivity contribution in [1.29, 1.82) is 0 Å². The zero-order valence-electron chi connectivity index (χ0n) is 14.1. The molecule has 2 unspecified atom stereocenters. The van der Waals surface area contributed by atoms with Gasteiger partial charge in [0, 0.05) is 30.9 Å². The maximum Gasteiger partial charge on any atom is 0.239 e. The van der Waals surface area contributed by atoms with Gasteiger partial charge in [-0.2, -0.15) is 0 Å². The van der Waals surface area contributed by atoms with Gasteiger partial charge in [0.25, 0.3) is 0 Å². The van der Waals surface area contributed by atoms with E-state index in [1.165, 1.54) is 0 Å². The zero-order valence-corrected chi connectivity index (χ0v) is 14.1. The minimum absolute atomic E-state index is 0.145. The van der Waals surface area contributed by atoms with Crippen LogP contribution in [0.25, 0.3) is 0 Å². The second-order valence-corrected chi connectivity index (χ2v) is 6.70. The van der Waals surface area contributed by atoms with Gasteiger partial charge in [0.05, 0.1) is 0 Å². The lowest BCUT2D eigenvalue weighted by molar-refractivity contribution is -0.132. The molecule has 2 atom stereocenters. The summed E-state index contributed by atoms with van der Waals surface area (Å²) in [5.41, 5.74) is 0.752. The predicted molar refractivity (Wildman–Crippen MR) is 91.9 cm³/mol. The van der Waals surface area contributed by atoms with E-state index in [4.69, 9.17) is 9.47 Å². The maximum atomic E-state index is 12.7. The summed E-state index contributed by atoms with van der Waals surface area (Å²) in [5.74, 6) is 0.429. The van der Waals surface area contributed by atoms with Crippen molar-refractivity contribution in [3.8, 4) is 11.5 Å².